The van der Waals surface area contributed by atoms with E-state index in [9.17, 15) is 0 Å². The van der Waals surface area contributed by atoms with E-state index in [1.807, 2.05) is 0 Å². The van der Waals surface area contributed by atoms with Crippen LogP contribution in [0.25, 0.3) is 0 Å². The van der Waals surface area contributed by atoms with Crippen LogP contribution in [-0.2, 0) is 10.3 Å². The number of nitrogens with zero attached hydrogens (tertiary/aromatic N) is 2. The van der Waals surface area contributed by atoms with Gasteiger partial charge in [-0.05, 0) is 12.8 Å². The summed E-state index contributed by atoms with van der Waals surface area (Å²) in [6.07, 6.45) is 6.97. The maximum atomic E-state index is 5.68. The average molecular weight is 227 g/mol. The Labute approximate surface area is 94.0 Å². The van der Waals surface area contributed by atoms with Gasteiger partial charge in [0.25, 0.3) is 0 Å². The van der Waals surface area contributed by atoms with Crippen LogP contribution in [0.1, 0.15) is 44.3 Å². The normalized spacial score (nSPS) is 21.1. The van der Waals surface area contributed by atoms with Gasteiger partial charge in [0.15, 0.2) is 11.0 Å². The van der Waals surface area contributed by atoms with Gasteiger partial charge in [-0.2, -0.15) is 4.37 Å². The van der Waals surface area contributed by atoms with Crippen LogP contribution >= 0.6 is 11.5 Å². The van der Waals surface area contributed by atoms with E-state index >= 15 is 0 Å². The second-order valence-corrected chi connectivity index (χ2v) is 4.85. The van der Waals surface area contributed by atoms with Gasteiger partial charge in [0.1, 0.15) is 5.60 Å². The van der Waals surface area contributed by atoms with Crippen LogP contribution in [0.3, 0.4) is 0 Å². The van der Waals surface area contributed by atoms with Crippen LogP contribution in [0.4, 0.5) is 5.13 Å². The van der Waals surface area contributed by atoms with Crippen LogP contribution in [-0.4, -0.2) is 16.5 Å². The molecule has 15 heavy (non-hydrogen) atoms. The standard InChI is InChI=1S/C10H17N3OS/c1-14-10(6-4-2-3-5-7-10)8-12-9(11)15-13-8/h2-7H2,1H3,(H2,11,12,13). The molecule has 84 valence electrons. The zero-order valence-corrected chi connectivity index (χ0v) is 9.85. The second kappa shape index (κ2) is 4.45. The van der Waals surface area contributed by atoms with Crippen molar-refractivity contribution in [3.05, 3.63) is 5.82 Å². The lowest BCUT2D eigenvalue weighted by Gasteiger charge is -2.28. The molecular weight excluding hydrogens is 210 g/mol. The first-order chi connectivity index (χ1) is 7.27. The van der Waals surface area contributed by atoms with E-state index in [4.69, 9.17) is 10.5 Å². The van der Waals surface area contributed by atoms with Gasteiger partial charge in [0, 0.05) is 18.6 Å². The molecule has 0 saturated heterocycles. The third-order valence-corrected chi connectivity index (χ3v) is 3.69. The van der Waals surface area contributed by atoms with E-state index in [1.54, 1.807) is 7.11 Å². The van der Waals surface area contributed by atoms with Gasteiger partial charge in [-0.15, -0.1) is 0 Å². The molecule has 1 aromatic rings. The van der Waals surface area contributed by atoms with Crippen LogP contribution < -0.4 is 5.73 Å². The number of nitrogens with two attached hydrogens (primary N) is 1. The van der Waals surface area contributed by atoms with Crippen molar-refractivity contribution in [3.8, 4) is 0 Å². The lowest BCUT2D eigenvalue weighted by molar-refractivity contribution is -0.0341. The number of hydrogen-bond donors (Lipinski definition) is 1. The molecule has 1 fully saturated rings. The van der Waals surface area contributed by atoms with Crippen molar-refractivity contribution >= 4 is 16.7 Å². The van der Waals surface area contributed by atoms with Crippen LogP contribution in [0.15, 0.2) is 0 Å². The van der Waals surface area contributed by atoms with E-state index < -0.39 is 0 Å². The largest absolute Gasteiger partial charge is 0.374 e. The predicted molar refractivity (Wildman–Crippen MR) is 60.7 cm³/mol. The van der Waals surface area contributed by atoms with E-state index in [2.05, 4.69) is 9.36 Å². The monoisotopic (exact) mass is 227 g/mol. The maximum absolute atomic E-state index is 5.68. The summed E-state index contributed by atoms with van der Waals surface area (Å²) >= 11 is 1.26. The topological polar surface area (TPSA) is 61.0 Å². The van der Waals surface area contributed by atoms with Gasteiger partial charge in [0.2, 0.25) is 0 Å². The average Bonchev–Trinajstić information content (AvgIpc) is 2.56. The van der Waals surface area contributed by atoms with Gasteiger partial charge in [-0.3, -0.25) is 0 Å². The highest BCUT2D eigenvalue weighted by Gasteiger charge is 2.36. The quantitative estimate of drug-likeness (QED) is 0.788. The Kier molecular flexibility index (Phi) is 3.21. The SMILES string of the molecule is COC1(c2nsc(N)n2)CCCCCC1. The minimum atomic E-state index is -0.273. The number of ether oxygens (including phenoxy) is 1. The molecule has 1 aliphatic carbocycles. The van der Waals surface area contributed by atoms with Crippen LogP contribution in [0.2, 0.25) is 0 Å². The van der Waals surface area contributed by atoms with Crippen LogP contribution in [0, 0.1) is 0 Å². The number of hydrogen-bond acceptors (Lipinski definition) is 5. The molecule has 2 N–H and O–H groups in total. The maximum Gasteiger partial charge on any atom is 0.200 e. The van der Waals surface area contributed by atoms with E-state index in [-0.39, 0.29) is 5.60 Å². The first kappa shape index (κ1) is 10.8. The molecule has 0 radical (unpaired) electrons. The summed E-state index contributed by atoms with van der Waals surface area (Å²) in [6.45, 7) is 0. The molecule has 1 heterocycles. The van der Waals surface area contributed by atoms with Gasteiger partial charge in [0.05, 0.1) is 0 Å². The molecule has 0 amide bonds. The first-order valence-corrected chi connectivity index (χ1v) is 6.19. The zero-order valence-electron chi connectivity index (χ0n) is 9.03. The van der Waals surface area contributed by atoms with Gasteiger partial charge in [-0.25, -0.2) is 4.98 Å². The fourth-order valence-corrected chi connectivity index (χ4v) is 2.75. The van der Waals surface area contributed by atoms with E-state index in [0.717, 1.165) is 18.7 Å². The number of anilines is 1. The summed E-state index contributed by atoms with van der Waals surface area (Å²) in [6, 6.07) is 0. The minimum Gasteiger partial charge on any atom is -0.374 e. The lowest BCUT2D eigenvalue weighted by Crippen LogP contribution is -2.29. The Hall–Kier alpha value is -0.680. The molecular formula is C10H17N3OS. The van der Waals surface area contributed by atoms with Crippen molar-refractivity contribution in [2.45, 2.75) is 44.1 Å². The summed E-state index contributed by atoms with van der Waals surface area (Å²) in [5, 5.41) is 0.533. The molecule has 0 atom stereocenters. The van der Waals surface area contributed by atoms with Gasteiger partial charge < -0.3 is 10.5 Å². The van der Waals surface area contributed by atoms with Gasteiger partial charge >= 0.3 is 0 Å². The van der Waals surface area contributed by atoms with Gasteiger partial charge in [-0.1, -0.05) is 25.7 Å². The van der Waals surface area contributed by atoms with Crippen molar-refractivity contribution in [1.29, 1.82) is 0 Å². The van der Waals surface area contributed by atoms with Crippen molar-refractivity contribution in [2.75, 3.05) is 12.8 Å². The highest BCUT2D eigenvalue weighted by molar-refractivity contribution is 7.09. The summed E-state index contributed by atoms with van der Waals surface area (Å²) in [4.78, 5) is 4.28. The predicted octanol–water partition coefficient (Wildman–Crippen LogP) is 2.32. The minimum absolute atomic E-state index is 0.273. The van der Waals surface area contributed by atoms with Crippen molar-refractivity contribution in [1.82, 2.24) is 9.36 Å². The summed E-state index contributed by atoms with van der Waals surface area (Å²) in [7, 11) is 1.75. The van der Waals surface area contributed by atoms with Crippen molar-refractivity contribution in [2.24, 2.45) is 0 Å². The molecule has 0 bridgehead atoms. The highest BCUT2D eigenvalue weighted by Crippen LogP contribution is 2.38. The summed E-state index contributed by atoms with van der Waals surface area (Å²) in [5.41, 5.74) is 5.35. The van der Waals surface area contributed by atoms with E-state index in [0.29, 0.717) is 5.13 Å². The molecule has 2 rings (SSSR count). The highest BCUT2D eigenvalue weighted by atomic mass is 32.1. The Balaban J connectivity index is 2.26. The molecule has 0 unspecified atom stereocenters. The summed E-state index contributed by atoms with van der Waals surface area (Å²) < 4.78 is 9.99. The second-order valence-electron chi connectivity index (χ2n) is 4.07. The molecule has 0 aromatic carbocycles. The lowest BCUT2D eigenvalue weighted by atomic mass is 9.93. The number of rotatable bonds is 2. The molecule has 4 nitrogen and oxygen atoms in total. The Morgan fingerprint density at radius 2 is 1.93 bits per heavy atom. The van der Waals surface area contributed by atoms with Crippen molar-refractivity contribution < 1.29 is 4.74 Å². The number of methoxy groups -OCH3 is 1. The molecule has 1 saturated carbocycles. The first-order valence-electron chi connectivity index (χ1n) is 5.42. The third-order valence-electron chi connectivity index (χ3n) is 3.15. The van der Waals surface area contributed by atoms with Crippen molar-refractivity contribution in [3.63, 3.8) is 0 Å². The molecule has 1 aromatic heterocycles. The molecule has 0 aliphatic heterocycles. The zero-order chi connectivity index (χ0) is 10.7. The fourth-order valence-electron chi connectivity index (χ4n) is 2.24. The smallest absolute Gasteiger partial charge is 0.200 e. The fraction of sp³-hybridized carbons (Fsp3) is 0.800. The molecule has 1 aliphatic rings. The Bertz CT molecular complexity index is 318. The van der Waals surface area contributed by atoms with E-state index in [1.165, 1.54) is 37.2 Å². The number of nitrogen functional groups attached to an aromatic ring is 1. The Morgan fingerprint density at radius 3 is 2.40 bits per heavy atom. The number of aromatic nitrogens is 2. The third kappa shape index (κ3) is 2.13. The molecule has 5 heteroatoms. The summed E-state index contributed by atoms with van der Waals surface area (Å²) in [5.74, 6) is 0.786. The van der Waals surface area contributed by atoms with Crippen LogP contribution in [0.5, 0.6) is 0 Å². The Morgan fingerprint density at radius 1 is 1.27 bits per heavy atom. The molecule has 0 spiro atoms.